The molecule has 4 N–H and O–H groups in total. The number of carbonyl (C=O) groups excluding carboxylic acids is 1. The molecule has 2 aromatic carbocycles. The van der Waals surface area contributed by atoms with Crippen molar-refractivity contribution in [2.75, 3.05) is 13.2 Å². The van der Waals surface area contributed by atoms with Crippen LogP contribution < -0.4 is 20.9 Å². The quantitative estimate of drug-likeness (QED) is 0.758. The van der Waals surface area contributed by atoms with Crippen molar-refractivity contribution in [2.24, 2.45) is 11.5 Å². The Balaban J connectivity index is 1.86. The van der Waals surface area contributed by atoms with Crippen LogP contribution in [0.2, 0.25) is 0 Å². The van der Waals surface area contributed by atoms with Crippen molar-refractivity contribution in [1.29, 1.82) is 0 Å². The zero-order chi connectivity index (χ0) is 15.1. The van der Waals surface area contributed by atoms with Gasteiger partial charge in [0, 0.05) is 6.54 Å². The van der Waals surface area contributed by atoms with Crippen molar-refractivity contribution in [2.45, 2.75) is 6.54 Å². The molecule has 0 fully saturated rings. The average molecular weight is 286 g/mol. The van der Waals surface area contributed by atoms with Crippen LogP contribution in [-0.2, 0) is 6.54 Å². The Morgan fingerprint density at radius 2 is 1.76 bits per heavy atom. The third-order valence-corrected chi connectivity index (χ3v) is 2.90. The van der Waals surface area contributed by atoms with Gasteiger partial charge in [0.15, 0.2) is 0 Å². The summed E-state index contributed by atoms with van der Waals surface area (Å²) in [7, 11) is 0. The van der Waals surface area contributed by atoms with E-state index in [4.69, 9.17) is 20.9 Å². The molecule has 5 nitrogen and oxygen atoms in total. The summed E-state index contributed by atoms with van der Waals surface area (Å²) in [6.45, 7) is 1.15. The number of hydrogen-bond acceptors (Lipinski definition) is 4. The summed E-state index contributed by atoms with van der Waals surface area (Å²) in [4.78, 5) is 11.2. The van der Waals surface area contributed by atoms with Crippen LogP contribution in [0.1, 0.15) is 15.9 Å². The number of primary amides is 1. The maximum absolute atomic E-state index is 11.2. The molecule has 0 spiro atoms. The van der Waals surface area contributed by atoms with Gasteiger partial charge in [-0.05, 0) is 29.8 Å². The third kappa shape index (κ3) is 4.22. The van der Waals surface area contributed by atoms with Gasteiger partial charge in [0.2, 0.25) is 0 Å². The lowest BCUT2D eigenvalue weighted by molar-refractivity contribution is 0.0995. The van der Waals surface area contributed by atoms with Crippen LogP contribution in [-0.4, -0.2) is 19.1 Å². The number of carbonyl (C=O) groups is 1. The van der Waals surface area contributed by atoms with Crippen molar-refractivity contribution in [1.82, 2.24) is 0 Å². The minimum atomic E-state index is -0.512. The third-order valence-electron chi connectivity index (χ3n) is 2.90. The molecule has 0 aliphatic rings. The largest absolute Gasteiger partial charge is 0.490 e. The van der Waals surface area contributed by atoms with Crippen molar-refractivity contribution >= 4 is 5.91 Å². The van der Waals surface area contributed by atoms with Gasteiger partial charge in [0.25, 0.3) is 5.91 Å². The first-order chi connectivity index (χ1) is 10.2. The number of hydrogen-bond donors (Lipinski definition) is 2. The molecular formula is C16H18N2O3. The Hall–Kier alpha value is -2.53. The highest BCUT2D eigenvalue weighted by Gasteiger charge is 2.07. The monoisotopic (exact) mass is 286 g/mol. The van der Waals surface area contributed by atoms with Gasteiger partial charge in [-0.25, -0.2) is 0 Å². The predicted molar refractivity (Wildman–Crippen MR) is 80.3 cm³/mol. The summed E-state index contributed by atoms with van der Waals surface area (Å²) in [5, 5.41) is 0. The Morgan fingerprint density at radius 3 is 2.52 bits per heavy atom. The standard InChI is InChI=1S/C16H18N2O3/c17-11-12-4-3-5-13(10-12)20-8-9-21-15-7-2-1-6-14(15)16(18)19/h1-7,10H,8-9,11,17H2,(H2,18,19). The highest BCUT2D eigenvalue weighted by atomic mass is 16.5. The zero-order valence-corrected chi connectivity index (χ0v) is 11.6. The molecule has 0 heterocycles. The molecule has 0 aliphatic heterocycles. The van der Waals surface area contributed by atoms with Crippen LogP contribution >= 0.6 is 0 Å². The van der Waals surface area contributed by atoms with E-state index >= 15 is 0 Å². The highest BCUT2D eigenvalue weighted by Crippen LogP contribution is 2.17. The molecule has 0 aliphatic carbocycles. The lowest BCUT2D eigenvalue weighted by Crippen LogP contribution is -2.15. The lowest BCUT2D eigenvalue weighted by atomic mass is 10.2. The minimum Gasteiger partial charge on any atom is -0.490 e. The van der Waals surface area contributed by atoms with Crippen molar-refractivity contribution in [3.63, 3.8) is 0 Å². The summed E-state index contributed by atoms with van der Waals surface area (Å²) in [5.41, 5.74) is 12.2. The molecular weight excluding hydrogens is 268 g/mol. The van der Waals surface area contributed by atoms with Crippen LogP contribution in [0.5, 0.6) is 11.5 Å². The highest BCUT2D eigenvalue weighted by molar-refractivity contribution is 5.95. The van der Waals surface area contributed by atoms with Gasteiger partial charge in [-0.3, -0.25) is 4.79 Å². The van der Waals surface area contributed by atoms with Crippen LogP contribution in [0, 0.1) is 0 Å². The first-order valence-corrected chi connectivity index (χ1v) is 6.64. The molecule has 2 rings (SSSR count). The molecule has 110 valence electrons. The van der Waals surface area contributed by atoms with Crippen LogP contribution in [0.4, 0.5) is 0 Å². The fourth-order valence-corrected chi connectivity index (χ4v) is 1.87. The van der Waals surface area contributed by atoms with Gasteiger partial charge >= 0.3 is 0 Å². The molecule has 5 heteroatoms. The van der Waals surface area contributed by atoms with Crippen molar-refractivity contribution < 1.29 is 14.3 Å². The van der Waals surface area contributed by atoms with E-state index in [0.29, 0.717) is 31.1 Å². The second-order valence-corrected chi connectivity index (χ2v) is 4.41. The SMILES string of the molecule is NCc1cccc(OCCOc2ccccc2C(N)=O)c1. The van der Waals surface area contributed by atoms with E-state index in [2.05, 4.69) is 0 Å². The lowest BCUT2D eigenvalue weighted by Gasteiger charge is -2.11. The van der Waals surface area contributed by atoms with Crippen molar-refractivity contribution in [3.8, 4) is 11.5 Å². The molecule has 0 bridgehead atoms. The molecule has 0 saturated carbocycles. The van der Waals surface area contributed by atoms with Gasteiger partial charge < -0.3 is 20.9 Å². The molecule has 0 radical (unpaired) electrons. The smallest absolute Gasteiger partial charge is 0.252 e. The van der Waals surface area contributed by atoms with Crippen molar-refractivity contribution in [3.05, 3.63) is 59.7 Å². The first-order valence-electron chi connectivity index (χ1n) is 6.64. The number of amides is 1. The van der Waals surface area contributed by atoms with Gasteiger partial charge in [0.1, 0.15) is 24.7 Å². The maximum Gasteiger partial charge on any atom is 0.252 e. The van der Waals surface area contributed by atoms with E-state index < -0.39 is 5.91 Å². The summed E-state index contributed by atoms with van der Waals surface area (Å²) >= 11 is 0. The number of rotatable bonds is 7. The molecule has 0 aromatic heterocycles. The summed E-state index contributed by atoms with van der Waals surface area (Å²) in [6.07, 6.45) is 0. The first kappa shape index (κ1) is 14.9. The Bertz CT molecular complexity index is 614. The molecule has 0 unspecified atom stereocenters. The molecule has 0 saturated heterocycles. The van der Waals surface area contributed by atoms with E-state index in [-0.39, 0.29) is 0 Å². The van der Waals surface area contributed by atoms with Crippen LogP contribution in [0.25, 0.3) is 0 Å². The second kappa shape index (κ2) is 7.31. The predicted octanol–water partition coefficient (Wildman–Crippen LogP) is 1.70. The van der Waals surface area contributed by atoms with E-state index in [9.17, 15) is 4.79 Å². The van der Waals surface area contributed by atoms with Gasteiger partial charge in [-0.15, -0.1) is 0 Å². The summed E-state index contributed by atoms with van der Waals surface area (Å²) in [5.74, 6) is 0.691. The van der Waals surface area contributed by atoms with Gasteiger partial charge in [0.05, 0.1) is 5.56 Å². The number of benzene rings is 2. The Kier molecular flexibility index (Phi) is 5.17. The second-order valence-electron chi connectivity index (χ2n) is 4.41. The maximum atomic E-state index is 11.2. The molecule has 2 aromatic rings. The topological polar surface area (TPSA) is 87.6 Å². The summed E-state index contributed by atoms with van der Waals surface area (Å²) in [6, 6.07) is 14.4. The molecule has 1 amide bonds. The minimum absolute atomic E-state index is 0.317. The van der Waals surface area contributed by atoms with E-state index in [1.54, 1.807) is 24.3 Å². The van der Waals surface area contributed by atoms with Gasteiger partial charge in [-0.1, -0.05) is 24.3 Å². The van der Waals surface area contributed by atoms with Crippen LogP contribution in [0.15, 0.2) is 48.5 Å². The Morgan fingerprint density at radius 1 is 1.00 bits per heavy atom. The van der Waals surface area contributed by atoms with Crippen LogP contribution in [0.3, 0.4) is 0 Å². The van der Waals surface area contributed by atoms with E-state index in [0.717, 1.165) is 11.3 Å². The van der Waals surface area contributed by atoms with Gasteiger partial charge in [-0.2, -0.15) is 0 Å². The Labute approximate surface area is 123 Å². The summed E-state index contributed by atoms with van der Waals surface area (Å²) < 4.78 is 11.1. The van der Waals surface area contributed by atoms with E-state index in [1.807, 2.05) is 24.3 Å². The fourth-order valence-electron chi connectivity index (χ4n) is 1.87. The number of ether oxygens (including phenoxy) is 2. The number of para-hydroxylation sites is 1. The average Bonchev–Trinajstić information content (AvgIpc) is 2.52. The molecule has 0 atom stereocenters. The zero-order valence-electron chi connectivity index (χ0n) is 11.6. The fraction of sp³-hybridized carbons (Fsp3) is 0.188. The van der Waals surface area contributed by atoms with E-state index in [1.165, 1.54) is 0 Å². The number of nitrogens with two attached hydrogens (primary N) is 2. The molecule has 21 heavy (non-hydrogen) atoms. The normalized spacial score (nSPS) is 10.1.